The van der Waals surface area contributed by atoms with Crippen molar-refractivity contribution in [3.05, 3.63) is 84.3 Å². The zero-order chi connectivity index (χ0) is 19.5. The van der Waals surface area contributed by atoms with Crippen LogP contribution in [0.15, 0.2) is 73.1 Å². The second-order valence-corrected chi connectivity index (χ2v) is 6.34. The van der Waals surface area contributed by atoms with Crippen LogP contribution in [0.3, 0.4) is 0 Å². The summed E-state index contributed by atoms with van der Waals surface area (Å²) < 4.78 is 6.78. The van der Waals surface area contributed by atoms with Crippen molar-refractivity contribution in [2.75, 3.05) is 12.4 Å². The molecule has 2 aromatic heterocycles. The van der Waals surface area contributed by atoms with Crippen molar-refractivity contribution in [2.24, 2.45) is 0 Å². The number of rotatable bonds is 6. The summed E-state index contributed by atoms with van der Waals surface area (Å²) in [5.41, 5.74) is 4.55. The maximum Gasteiger partial charge on any atom is 0.355 e. The molecule has 0 radical (unpaired) electrons. The first kappa shape index (κ1) is 17.6. The number of aromatic carboxylic acids is 1. The summed E-state index contributed by atoms with van der Waals surface area (Å²) in [6.07, 6.45) is 3.23. The quantitative estimate of drug-likeness (QED) is 0.526. The molecule has 28 heavy (non-hydrogen) atoms. The fourth-order valence-corrected chi connectivity index (χ4v) is 3.20. The van der Waals surface area contributed by atoms with Crippen LogP contribution in [0, 0.1) is 0 Å². The van der Waals surface area contributed by atoms with Crippen LogP contribution in [-0.4, -0.2) is 27.6 Å². The fraction of sp³-hybridized carbons (Fsp3) is 0.0909. The van der Waals surface area contributed by atoms with Crippen molar-refractivity contribution in [1.82, 2.24) is 9.38 Å². The lowest BCUT2D eigenvalue weighted by Gasteiger charge is -2.12. The number of hydrogen-bond acceptors (Lipinski definition) is 4. The van der Waals surface area contributed by atoms with Crippen LogP contribution in [0.4, 0.5) is 5.69 Å². The van der Waals surface area contributed by atoms with E-state index in [9.17, 15) is 9.90 Å². The molecule has 2 N–H and O–H groups in total. The second kappa shape index (κ2) is 7.44. The van der Waals surface area contributed by atoms with Gasteiger partial charge in [0.05, 0.1) is 12.8 Å². The molecule has 6 nitrogen and oxygen atoms in total. The molecule has 0 aliphatic rings. The van der Waals surface area contributed by atoms with Gasteiger partial charge in [0.2, 0.25) is 0 Å². The zero-order valence-electron chi connectivity index (χ0n) is 15.3. The Labute approximate surface area is 162 Å². The fourth-order valence-electron chi connectivity index (χ4n) is 3.20. The first-order valence-corrected chi connectivity index (χ1v) is 8.82. The molecular formula is C22H19N3O3. The Morgan fingerprint density at radius 1 is 1.11 bits per heavy atom. The number of carboxylic acid groups (broad SMARTS) is 1. The van der Waals surface area contributed by atoms with Gasteiger partial charge in [0.15, 0.2) is 5.69 Å². The molecule has 0 unspecified atom stereocenters. The van der Waals surface area contributed by atoms with Gasteiger partial charge in [-0.25, -0.2) is 9.78 Å². The molecule has 140 valence electrons. The first-order valence-electron chi connectivity index (χ1n) is 8.82. The summed E-state index contributed by atoms with van der Waals surface area (Å²) in [6, 6.07) is 19.6. The third-order valence-corrected chi connectivity index (χ3v) is 4.60. The lowest BCUT2D eigenvalue weighted by atomic mass is 10.0. The molecule has 6 heteroatoms. The van der Waals surface area contributed by atoms with Gasteiger partial charge in [0, 0.05) is 18.9 Å². The Morgan fingerprint density at radius 2 is 1.93 bits per heavy atom. The normalized spacial score (nSPS) is 10.8. The number of nitrogens with zero attached hydrogens (tertiary/aromatic N) is 2. The van der Waals surface area contributed by atoms with Gasteiger partial charge in [0.1, 0.15) is 11.4 Å². The van der Waals surface area contributed by atoms with E-state index in [-0.39, 0.29) is 5.69 Å². The molecule has 2 heterocycles. The van der Waals surface area contributed by atoms with E-state index in [1.165, 1.54) is 0 Å². The Kier molecular flexibility index (Phi) is 4.68. The van der Waals surface area contributed by atoms with Crippen molar-refractivity contribution in [3.8, 4) is 16.9 Å². The summed E-state index contributed by atoms with van der Waals surface area (Å²) >= 11 is 0. The highest BCUT2D eigenvalue weighted by molar-refractivity contribution is 5.93. The van der Waals surface area contributed by atoms with E-state index in [1.807, 2.05) is 42.5 Å². The van der Waals surface area contributed by atoms with Crippen molar-refractivity contribution < 1.29 is 14.6 Å². The summed E-state index contributed by atoms with van der Waals surface area (Å²) in [7, 11) is 1.65. The number of methoxy groups -OCH3 is 1. The summed E-state index contributed by atoms with van der Waals surface area (Å²) in [4.78, 5) is 15.9. The van der Waals surface area contributed by atoms with Crippen LogP contribution in [0.25, 0.3) is 16.8 Å². The molecule has 4 aromatic rings. The molecule has 0 spiro atoms. The number of benzene rings is 2. The molecule has 0 fully saturated rings. The summed E-state index contributed by atoms with van der Waals surface area (Å²) in [5.74, 6) is -0.184. The topological polar surface area (TPSA) is 75.9 Å². The number of hydrogen-bond donors (Lipinski definition) is 2. The molecule has 0 saturated heterocycles. The van der Waals surface area contributed by atoms with Crippen LogP contribution < -0.4 is 10.1 Å². The van der Waals surface area contributed by atoms with Gasteiger partial charge >= 0.3 is 5.97 Å². The number of anilines is 1. The molecule has 2 aromatic carbocycles. The van der Waals surface area contributed by atoms with Crippen LogP contribution in [-0.2, 0) is 6.54 Å². The Balaban J connectivity index is 1.58. The molecule has 4 rings (SSSR count). The third-order valence-electron chi connectivity index (χ3n) is 4.60. The molecule has 0 amide bonds. The zero-order valence-corrected chi connectivity index (χ0v) is 15.3. The van der Waals surface area contributed by atoms with Crippen molar-refractivity contribution in [1.29, 1.82) is 0 Å². The molecular weight excluding hydrogens is 354 g/mol. The van der Waals surface area contributed by atoms with E-state index < -0.39 is 5.97 Å². The number of nitrogens with one attached hydrogen (secondary N) is 1. The van der Waals surface area contributed by atoms with Crippen LogP contribution >= 0.6 is 0 Å². The van der Waals surface area contributed by atoms with Crippen molar-refractivity contribution in [3.63, 3.8) is 0 Å². The second-order valence-electron chi connectivity index (χ2n) is 6.34. The standard InChI is InChI=1S/C22H19N3O3/c1-28-18-7-5-16(6-8-18)17-4-2-3-15(13-17)14-24-19-9-10-20-23-11-12-25(20)21(19)22(26)27/h2-13,24H,14H2,1H3,(H,26,27). The van der Waals surface area contributed by atoms with E-state index in [0.717, 1.165) is 22.4 Å². The molecule has 0 atom stereocenters. The van der Waals surface area contributed by atoms with Gasteiger partial charge in [-0.2, -0.15) is 0 Å². The minimum absolute atomic E-state index is 0.168. The van der Waals surface area contributed by atoms with Gasteiger partial charge in [-0.15, -0.1) is 0 Å². The summed E-state index contributed by atoms with van der Waals surface area (Å²) in [6.45, 7) is 0.504. The highest BCUT2D eigenvalue weighted by Crippen LogP contribution is 2.24. The smallest absolute Gasteiger partial charge is 0.355 e. The largest absolute Gasteiger partial charge is 0.497 e. The predicted molar refractivity (Wildman–Crippen MR) is 108 cm³/mol. The average Bonchev–Trinajstić information content (AvgIpc) is 3.20. The van der Waals surface area contributed by atoms with E-state index in [4.69, 9.17) is 4.74 Å². The molecule has 0 bridgehead atoms. The van der Waals surface area contributed by atoms with E-state index in [2.05, 4.69) is 16.4 Å². The number of pyridine rings is 1. The number of aromatic nitrogens is 2. The average molecular weight is 373 g/mol. The number of imidazole rings is 1. The lowest BCUT2D eigenvalue weighted by Crippen LogP contribution is -2.11. The Bertz CT molecular complexity index is 1130. The number of ether oxygens (including phenoxy) is 1. The first-order chi connectivity index (χ1) is 13.7. The lowest BCUT2D eigenvalue weighted by molar-refractivity contribution is 0.0690. The maximum atomic E-state index is 11.7. The number of carboxylic acids is 1. The van der Waals surface area contributed by atoms with E-state index in [1.54, 1.807) is 36.0 Å². The van der Waals surface area contributed by atoms with Gasteiger partial charge in [-0.05, 0) is 47.0 Å². The van der Waals surface area contributed by atoms with Crippen molar-refractivity contribution >= 4 is 17.3 Å². The number of fused-ring (bicyclic) bond motifs is 1. The van der Waals surface area contributed by atoms with Gasteiger partial charge in [0.25, 0.3) is 0 Å². The Morgan fingerprint density at radius 3 is 2.68 bits per heavy atom. The van der Waals surface area contributed by atoms with Crippen LogP contribution in [0.2, 0.25) is 0 Å². The van der Waals surface area contributed by atoms with Crippen molar-refractivity contribution in [2.45, 2.75) is 6.54 Å². The van der Waals surface area contributed by atoms with Gasteiger partial charge < -0.3 is 15.2 Å². The molecule has 0 saturated carbocycles. The van der Waals surface area contributed by atoms with Crippen LogP contribution in [0.1, 0.15) is 16.1 Å². The minimum Gasteiger partial charge on any atom is -0.497 e. The van der Waals surface area contributed by atoms with E-state index >= 15 is 0 Å². The highest BCUT2D eigenvalue weighted by atomic mass is 16.5. The molecule has 0 aliphatic heterocycles. The number of carbonyl (C=O) groups is 1. The van der Waals surface area contributed by atoms with Gasteiger partial charge in [-0.1, -0.05) is 30.3 Å². The Hall–Kier alpha value is -3.80. The maximum absolute atomic E-state index is 11.7. The highest BCUT2D eigenvalue weighted by Gasteiger charge is 2.15. The molecule has 0 aliphatic carbocycles. The van der Waals surface area contributed by atoms with Gasteiger partial charge in [-0.3, -0.25) is 4.40 Å². The summed E-state index contributed by atoms with van der Waals surface area (Å²) in [5, 5.41) is 12.9. The monoisotopic (exact) mass is 373 g/mol. The van der Waals surface area contributed by atoms with E-state index in [0.29, 0.717) is 17.9 Å². The SMILES string of the molecule is COc1ccc(-c2cccc(CNc3ccc4nccn4c3C(=O)O)c2)cc1. The minimum atomic E-state index is -1.00. The van der Waals surface area contributed by atoms with Crippen LogP contribution in [0.5, 0.6) is 5.75 Å². The third kappa shape index (κ3) is 3.40. The predicted octanol–water partition coefficient (Wildman–Crippen LogP) is 4.32.